The fourth-order valence-electron chi connectivity index (χ4n) is 4.03. The summed E-state index contributed by atoms with van der Waals surface area (Å²) in [5.74, 6) is -0.0949. The molecule has 4 nitrogen and oxygen atoms in total. The number of carbonyl (C=O) groups is 1. The molecule has 0 fully saturated rings. The van der Waals surface area contributed by atoms with Gasteiger partial charge < -0.3 is 13.6 Å². The monoisotopic (exact) mass is 516 g/mol. The lowest BCUT2D eigenvalue weighted by Crippen LogP contribution is -2.40. The van der Waals surface area contributed by atoms with Crippen molar-refractivity contribution in [3.63, 3.8) is 0 Å². The number of hydrogen-bond donors (Lipinski definition) is 0. The first kappa shape index (κ1) is 33.8. The number of unbranched alkanes of at least 4 members (excludes halogenated alkanes) is 15. The van der Waals surface area contributed by atoms with Crippen LogP contribution in [-0.4, -0.2) is 41.9 Å². The Hall–Kier alpha value is -0.176. The van der Waals surface area contributed by atoms with Gasteiger partial charge in [-0.2, -0.15) is 0 Å². The highest BCUT2D eigenvalue weighted by Crippen LogP contribution is 2.15. The first-order valence-corrected chi connectivity index (χ1v) is 21.3. The summed E-state index contributed by atoms with van der Waals surface area (Å²) in [4.78, 5) is 12.2. The van der Waals surface area contributed by atoms with Gasteiger partial charge in [0.2, 0.25) is 0 Å². The van der Waals surface area contributed by atoms with Gasteiger partial charge in [0.1, 0.15) is 12.7 Å². The van der Waals surface area contributed by atoms with Gasteiger partial charge >= 0.3 is 5.97 Å². The summed E-state index contributed by atoms with van der Waals surface area (Å²) in [6, 6.07) is 0. The molecule has 0 aliphatic carbocycles. The van der Waals surface area contributed by atoms with Crippen LogP contribution in [0.1, 0.15) is 116 Å². The Bertz CT molecular complexity index is 472. The number of rotatable bonds is 24. The Morgan fingerprint density at radius 1 is 0.588 bits per heavy atom. The average molecular weight is 517 g/mol. The number of esters is 1. The lowest BCUT2D eigenvalue weighted by atomic mass is 10.0. The van der Waals surface area contributed by atoms with Crippen molar-refractivity contribution in [1.82, 2.24) is 0 Å². The van der Waals surface area contributed by atoms with Gasteiger partial charge in [-0.1, -0.05) is 103 Å². The van der Waals surface area contributed by atoms with E-state index in [2.05, 4.69) is 46.2 Å². The van der Waals surface area contributed by atoms with Crippen LogP contribution in [-0.2, 0) is 18.4 Å². The van der Waals surface area contributed by atoms with Gasteiger partial charge in [0.05, 0.1) is 6.61 Å². The Kier molecular flexibility index (Phi) is 20.9. The van der Waals surface area contributed by atoms with Gasteiger partial charge in [-0.3, -0.25) is 4.79 Å². The van der Waals surface area contributed by atoms with Crippen LogP contribution in [0, 0.1) is 0 Å². The van der Waals surface area contributed by atoms with Crippen LogP contribution in [0.2, 0.25) is 39.3 Å². The standard InChI is InChI=1S/C28H60O4Si2/c1-8-9-10-11-12-13-14-15-16-17-18-19-20-21-22-23-24-28(29)30-25-27(32-34(5,6)7)26-31-33(2,3)4/h27H,8-26H2,1-7H3. The van der Waals surface area contributed by atoms with Crippen molar-refractivity contribution >= 4 is 22.6 Å². The van der Waals surface area contributed by atoms with E-state index in [0.717, 1.165) is 12.8 Å². The molecule has 1 atom stereocenters. The van der Waals surface area contributed by atoms with Gasteiger partial charge in [-0.05, 0) is 45.7 Å². The van der Waals surface area contributed by atoms with Gasteiger partial charge in [0.15, 0.2) is 16.6 Å². The second-order valence-corrected chi connectivity index (χ2v) is 21.0. The van der Waals surface area contributed by atoms with E-state index in [-0.39, 0.29) is 12.1 Å². The maximum atomic E-state index is 12.2. The smallest absolute Gasteiger partial charge is 0.305 e. The minimum absolute atomic E-state index is 0.0949. The van der Waals surface area contributed by atoms with Crippen LogP contribution < -0.4 is 0 Å². The highest BCUT2D eigenvalue weighted by atomic mass is 28.4. The molecule has 34 heavy (non-hydrogen) atoms. The normalized spacial score (nSPS) is 13.3. The molecule has 0 rings (SSSR count). The summed E-state index contributed by atoms with van der Waals surface area (Å²) < 4.78 is 17.7. The van der Waals surface area contributed by atoms with E-state index in [9.17, 15) is 4.79 Å². The molecule has 0 aromatic heterocycles. The van der Waals surface area contributed by atoms with Crippen molar-refractivity contribution in [2.75, 3.05) is 13.2 Å². The number of ether oxygens (including phenoxy) is 1. The van der Waals surface area contributed by atoms with Crippen molar-refractivity contribution in [2.45, 2.75) is 161 Å². The summed E-state index contributed by atoms with van der Waals surface area (Å²) in [5.41, 5.74) is 0. The van der Waals surface area contributed by atoms with Crippen LogP contribution in [0.15, 0.2) is 0 Å². The molecule has 0 bridgehead atoms. The predicted octanol–water partition coefficient (Wildman–Crippen LogP) is 9.25. The topological polar surface area (TPSA) is 44.8 Å². The summed E-state index contributed by atoms with van der Waals surface area (Å²) in [5, 5.41) is 0. The zero-order chi connectivity index (χ0) is 25.7. The highest BCUT2D eigenvalue weighted by Gasteiger charge is 2.25. The van der Waals surface area contributed by atoms with Gasteiger partial charge in [-0.25, -0.2) is 0 Å². The molecule has 0 aliphatic rings. The molecule has 6 heteroatoms. The summed E-state index contributed by atoms with van der Waals surface area (Å²) in [6.07, 6.45) is 21.8. The average Bonchev–Trinajstić information content (AvgIpc) is 2.74. The molecule has 0 amide bonds. The van der Waals surface area contributed by atoms with E-state index in [1.807, 2.05) is 0 Å². The molecule has 0 saturated heterocycles. The molecule has 0 aromatic rings. The fraction of sp³-hybridized carbons (Fsp3) is 0.964. The summed E-state index contributed by atoms with van der Waals surface area (Å²) in [7, 11) is -3.32. The molecule has 204 valence electrons. The molecular weight excluding hydrogens is 456 g/mol. The molecule has 0 spiro atoms. The van der Waals surface area contributed by atoms with E-state index in [0.29, 0.717) is 19.6 Å². The van der Waals surface area contributed by atoms with Crippen molar-refractivity contribution in [3.05, 3.63) is 0 Å². The van der Waals surface area contributed by atoms with Crippen molar-refractivity contribution < 1.29 is 18.4 Å². The predicted molar refractivity (Wildman–Crippen MR) is 153 cm³/mol. The fourth-order valence-corrected chi connectivity index (χ4v) is 5.86. The van der Waals surface area contributed by atoms with Gasteiger partial charge in [0.25, 0.3) is 0 Å². The lowest BCUT2D eigenvalue weighted by Gasteiger charge is -2.28. The Balaban J connectivity index is 3.63. The van der Waals surface area contributed by atoms with Gasteiger partial charge in [-0.15, -0.1) is 0 Å². The second kappa shape index (κ2) is 21.0. The molecule has 0 aliphatic heterocycles. The van der Waals surface area contributed by atoms with Crippen molar-refractivity contribution in [3.8, 4) is 0 Å². The highest BCUT2D eigenvalue weighted by molar-refractivity contribution is 6.70. The van der Waals surface area contributed by atoms with E-state index in [1.165, 1.54) is 89.9 Å². The molecule has 0 radical (unpaired) electrons. The van der Waals surface area contributed by atoms with Crippen LogP contribution in [0.25, 0.3) is 0 Å². The lowest BCUT2D eigenvalue weighted by molar-refractivity contribution is -0.146. The number of carbonyl (C=O) groups excluding carboxylic acids is 1. The quantitative estimate of drug-likeness (QED) is 0.0728. The molecule has 0 heterocycles. The van der Waals surface area contributed by atoms with E-state index >= 15 is 0 Å². The zero-order valence-corrected chi connectivity index (χ0v) is 26.1. The maximum absolute atomic E-state index is 12.2. The van der Waals surface area contributed by atoms with E-state index < -0.39 is 16.6 Å². The minimum Gasteiger partial charge on any atom is -0.463 e. The third kappa shape index (κ3) is 26.4. The molecular formula is C28H60O4Si2. The van der Waals surface area contributed by atoms with Crippen LogP contribution >= 0.6 is 0 Å². The second-order valence-electron chi connectivity index (χ2n) is 12.0. The molecule has 0 saturated carbocycles. The Morgan fingerprint density at radius 2 is 1.00 bits per heavy atom. The zero-order valence-electron chi connectivity index (χ0n) is 24.1. The van der Waals surface area contributed by atoms with Crippen molar-refractivity contribution in [2.24, 2.45) is 0 Å². The Morgan fingerprint density at radius 3 is 1.38 bits per heavy atom. The van der Waals surface area contributed by atoms with Crippen LogP contribution in [0.4, 0.5) is 0 Å². The van der Waals surface area contributed by atoms with Gasteiger partial charge in [0, 0.05) is 6.42 Å². The Labute approximate surface area is 215 Å². The molecule has 0 N–H and O–H groups in total. The van der Waals surface area contributed by atoms with Crippen LogP contribution in [0.5, 0.6) is 0 Å². The van der Waals surface area contributed by atoms with Crippen LogP contribution in [0.3, 0.4) is 0 Å². The first-order chi connectivity index (χ1) is 16.0. The van der Waals surface area contributed by atoms with E-state index in [1.54, 1.807) is 0 Å². The van der Waals surface area contributed by atoms with E-state index in [4.69, 9.17) is 13.6 Å². The van der Waals surface area contributed by atoms with Crippen molar-refractivity contribution in [1.29, 1.82) is 0 Å². The molecule has 1 unspecified atom stereocenters. The number of hydrogen-bond acceptors (Lipinski definition) is 4. The maximum Gasteiger partial charge on any atom is 0.305 e. The first-order valence-electron chi connectivity index (χ1n) is 14.5. The largest absolute Gasteiger partial charge is 0.463 e. The molecule has 0 aromatic carbocycles. The third-order valence-corrected chi connectivity index (χ3v) is 7.96. The SMILES string of the molecule is CCCCCCCCCCCCCCCCCCC(=O)OCC(CO[Si](C)(C)C)O[Si](C)(C)C. The summed E-state index contributed by atoms with van der Waals surface area (Å²) >= 11 is 0. The summed E-state index contributed by atoms with van der Waals surface area (Å²) in [6.45, 7) is 16.1. The third-order valence-electron chi connectivity index (χ3n) is 5.89. The minimum atomic E-state index is -1.71.